The summed E-state index contributed by atoms with van der Waals surface area (Å²) in [4.78, 5) is 30.3. The summed E-state index contributed by atoms with van der Waals surface area (Å²) in [5.74, 6) is 0.113. The SMILES string of the molecule is CCCCN(CCCC)C(=O)CN1C[C@H](c2ccc3c(c2)OCO3)[C@@H](C(=O)O)C1c1ccc(OC)cc1. The van der Waals surface area contributed by atoms with Crippen molar-refractivity contribution in [3.05, 3.63) is 53.6 Å². The van der Waals surface area contributed by atoms with E-state index in [1.165, 1.54) is 0 Å². The first-order chi connectivity index (χ1) is 18.0. The first-order valence-electron chi connectivity index (χ1n) is 13.2. The molecule has 2 aromatic carbocycles. The molecule has 4 rings (SSSR count). The number of ether oxygens (including phenoxy) is 3. The molecule has 2 heterocycles. The van der Waals surface area contributed by atoms with Crippen LogP contribution < -0.4 is 14.2 Å². The standard InChI is InChI=1S/C29H38N2O6/c1-4-6-14-30(15-7-5-2)26(32)18-31-17-23(21-10-13-24-25(16-21)37-19-36-24)27(29(33)34)28(31)20-8-11-22(35-3)12-9-20/h8-13,16,23,27-28H,4-7,14-15,17-19H2,1-3H3,(H,33,34)/t23-,27-,28?/m1/s1. The molecule has 0 aliphatic carbocycles. The molecule has 1 unspecified atom stereocenters. The van der Waals surface area contributed by atoms with Gasteiger partial charge in [0, 0.05) is 31.6 Å². The van der Waals surface area contributed by atoms with Gasteiger partial charge in [-0.15, -0.1) is 0 Å². The highest BCUT2D eigenvalue weighted by atomic mass is 16.7. The predicted octanol–water partition coefficient (Wildman–Crippen LogP) is 4.69. The fourth-order valence-corrected chi connectivity index (χ4v) is 5.41. The quantitative estimate of drug-likeness (QED) is 0.443. The number of aliphatic carboxylic acids is 1. The Bertz CT molecular complexity index is 1060. The van der Waals surface area contributed by atoms with E-state index in [4.69, 9.17) is 14.2 Å². The third-order valence-corrected chi connectivity index (χ3v) is 7.42. The summed E-state index contributed by atoms with van der Waals surface area (Å²) in [5.41, 5.74) is 1.73. The second-order valence-electron chi connectivity index (χ2n) is 9.82. The van der Waals surface area contributed by atoms with Gasteiger partial charge in [0.1, 0.15) is 5.75 Å². The molecule has 8 heteroatoms. The molecule has 0 spiro atoms. The Morgan fingerprint density at radius 1 is 1.00 bits per heavy atom. The first-order valence-corrected chi connectivity index (χ1v) is 13.2. The van der Waals surface area contributed by atoms with Crippen molar-refractivity contribution in [3.63, 3.8) is 0 Å². The van der Waals surface area contributed by atoms with Crippen molar-refractivity contribution in [3.8, 4) is 17.2 Å². The van der Waals surface area contributed by atoms with Crippen molar-refractivity contribution in [1.29, 1.82) is 0 Å². The molecule has 0 aromatic heterocycles. The number of carboxylic acids is 1. The molecule has 37 heavy (non-hydrogen) atoms. The Labute approximate surface area is 219 Å². The van der Waals surface area contributed by atoms with Crippen molar-refractivity contribution in [2.45, 2.75) is 51.5 Å². The van der Waals surface area contributed by atoms with E-state index in [1.807, 2.05) is 52.3 Å². The minimum absolute atomic E-state index is 0.0517. The Hall–Kier alpha value is -3.26. The van der Waals surface area contributed by atoms with Gasteiger partial charge in [-0.1, -0.05) is 44.9 Å². The summed E-state index contributed by atoms with van der Waals surface area (Å²) in [6.45, 7) is 6.48. The summed E-state index contributed by atoms with van der Waals surface area (Å²) >= 11 is 0. The molecule has 0 saturated carbocycles. The number of carbonyl (C=O) groups is 2. The smallest absolute Gasteiger partial charge is 0.309 e. The lowest BCUT2D eigenvalue weighted by Crippen LogP contribution is -2.42. The number of fused-ring (bicyclic) bond motifs is 1. The minimum Gasteiger partial charge on any atom is -0.497 e. The number of carbonyl (C=O) groups excluding carboxylic acids is 1. The van der Waals surface area contributed by atoms with Crippen molar-refractivity contribution in [2.24, 2.45) is 5.92 Å². The number of likely N-dealkylation sites (tertiary alicyclic amines) is 1. The number of methoxy groups -OCH3 is 1. The molecular formula is C29H38N2O6. The highest BCUT2D eigenvalue weighted by Crippen LogP contribution is 2.47. The lowest BCUT2D eigenvalue weighted by Gasteiger charge is -2.30. The number of amides is 1. The van der Waals surface area contributed by atoms with Gasteiger partial charge in [-0.2, -0.15) is 0 Å². The Balaban J connectivity index is 1.67. The van der Waals surface area contributed by atoms with Crippen LogP contribution >= 0.6 is 0 Å². The molecule has 3 atom stereocenters. The monoisotopic (exact) mass is 510 g/mol. The Kier molecular flexibility index (Phi) is 8.92. The van der Waals surface area contributed by atoms with Crippen LogP contribution in [0.4, 0.5) is 0 Å². The van der Waals surface area contributed by atoms with Gasteiger partial charge in [-0.3, -0.25) is 14.5 Å². The number of unbranched alkanes of at least 4 members (excludes halogenated alkanes) is 2. The van der Waals surface area contributed by atoms with Gasteiger partial charge in [-0.05, 0) is 48.2 Å². The molecule has 1 N–H and O–H groups in total. The van der Waals surface area contributed by atoms with Crippen LogP contribution in [0.2, 0.25) is 0 Å². The number of rotatable bonds is 12. The Morgan fingerprint density at radius 2 is 1.65 bits per heavy atom. The van der Waals surface area contributed by atoms with Crippen LogP contribution in [-0.2, 0) is 9.59 Å². The summed E-state index contributed by atoms with van der Waals surface area (Å²) in [6.07, 6.45) is 3.94. The maximum atomic E-state index is 13.5. The summed E-state index contributed by atoms with van der Waals surface area (Å²) in [7, 11) is 1.60. The number of hydrogen-bond acceptors (Lipinski definition) is 6. The van der Waals surface area contributed by atoms with Crippen LogP contribution in [0.3, 0.4) is 0 Å². The lowest BCUT2D eigenvalue weighted by molar-refractivity contribution is -0.144. The van der Waals surface area contributed by atoms with E-state index in [9.17, 15) is 14.7 Å². The van der Waals surface area contributed by atoms with Crippen molar-refractivity contribution in [1.82, 2.24) is 9.80 Å². The van der Waals surface area contributed by atoms with Crippen LogP contribution in [0.25, 0.3) is 0 Å². The molecule has 1 saturated heterocycles. The van der Waals surface area contributed by atoms with Crippen molar-refractivity contribution < 1.29 is 28.9 Å². The molecule has 200 valence electrons. The van der Waals surface area contributed by atoms with Gasteiger partial charge in [0.2, 0.25) is 12.7 Å². The molecular weight excluding hydrogens is 472 g/mol. The van der Waals surface area contributed by atoms with E-state index >= 15 is 0 Å². The fraction of sp³-hybridized carbons (Fsp3) is 0.517. The average molecular weight is 511 g/mol. The summed E-state index contributed by atoms with van der Waals surface area (Å²) in [5, 5.41) is 10.5. The highest BCUT2D eigenvalue weighted by Gasteiger charge is 2.48. The molecule has 1 amide bonds. The fourth-order valence-electron chi connectivity index (χ4n) is 5.41. The summed E-state index contributed by atoms with van der Waals surface area (Å²) < 4.78 is 16.3. The molecule has 2 aliphatic rings. The maximum Gasteiger partial charge on any atom is 0.309 e. The zero-order chi connectivity index (χ0) is 26.4. The van der Waals surface area contributed by atoms with Crippen molar-refractivity contribution >= 4 is 11.9 Å². The van der Waals surface area contributed by atoms with E-state index in [1.54, 1.807) is 7.11 Å². The van der Waals surface area contributed by atoms with Crippen LogP contribution in [0, 0.1) is 5.92 Å². The summed E-state index contributed by atoms with van der Waals surface area (Å²) in [6, 6.07) is 12.7. The van der Waals surface area contributed by atoms with Gasteiger partial charge in [-0.25, -0.2) is 0 Å². The minimum atomic E-state index is -0.882. The first kappa shape index (κ1) is 26.8. The lowest BCUT2D eigenvalue weighted by atomic mass is 9.82. The molecule has 2 aromatic rings. The second kappa shape index (κ2) is 12.3. The normalized spacial score (nSPS) is 20.7. The number of nitrogens with zero attached hydrogens (tertiary/aromatic N) is 2. The van der Waals surface area contributed by atoms with Crippen molar-refractivity contribution in [2.75, 3.05) is 40.1 Å². The molecule has 1 fully saturated rings. The van der Waals surface area contributed by atoms with Crippen LogP contribution in [-0.4, -0.2) is 66.9 Å². The second-order valence-corrected chi connectivity index (χ2v) is 9.82. The number of carboxylic acid groups (broad SMARTS) is 1. The zero-order valence-corrected chi connectivity index (χ0v) is 22.0. The van der Waals surface area contributed by atoms with Crippen LogP contribution in [0.5, 0.6) is 17.2 Å². The number of benzene rings is 2. The van der Waals surface area contributed by atoms with Gasteiger partial charge < -0.3 is 24.2 Å². The van der Waals surface area contributed by atoms with Crippen LogP contribution in [0.15, 0.2) is 42.5 Å². The zero-order valence-electron chi connectivity index (χ0n) is 22.0. The topological polar surface area (TPSA) is 88.5 Å². The van der Waals surface area contributed by atoms with Gasteiger partial charge in [0.15, 0.2) is 11.5 Å². The molecule has 0 bridgehead atoms. The third-order valence-electron chi connectivity index (χ3n) is 7.42. The maximum absolute atomic E-state index is 13.5. The van der Waals surface area contributed by atoms with Gasteiger partial charge in [0.25, 0.3) is 0 Å². The van der Waals surface area contributed by atoms with E-state index < -0.39 is 17.9 Å². The molecule has 8 nitrogen and oxygen atoms in total. The van der Waals surface area contributed by atoms with E-state index in [2.05, 4.69) is 13.8 Å². The highest BCUT2D eigenvalue weighted by molar-refractivity contribution is 5.79. The van der Waals surface area contributed by atoms with Crippen LogP contribution in [0.1, 0.15) is 62.6 Å². The van der Waals surface area contributed by atoms with Gasteiger partial charge in [0.05, 0.1) is 19.6 Å². The van der Waals surface area contributed by atoms with E-state index in [-0.39, 0.29) is 25.2 Å². The predicted molar refractivity (Wildman–Crippen MR) is 140 cm³/mol. The molecule has 0 radical (unpaired) electrons. The molecule has 2 aliphatic heterocycles. The number of hydrogen-bond donors (Lipinski definition) is 1. The Morgan fingerprint density at radius 3 is 2.27 bits per heavy atom. The third kappa shape index (κ3) is 6.01. The largest absolute Gasteiger partial charge is 0.497 e. The van der Waals surface area contributed by atoms with E-state index in [0.717, 1.165) is 49.9 Å². The van der Waals surface area contributed by atoms with E-state index in [0.29, 0.717) is 23.8 Å². The average Bonchev–Trinajstić information content (AvgIpc) is 3.53. The van der Waals surface area contributed by atoms with Gasteiger partial charge >= 0.3 is 5.97 Å².